The number of hydrogen-bond acceptors (Lipinski definition) is 2. The molecule has 90 valence electrons. The molecule has 1 nitrogen and oxygen atoms in total. The maximum atomic E-state index is 12.9. The van der Waals surface area contributed by atoms with Gasteiger partial charge in [0.05, 0.1) is 12.2 Å². The molecule has 0 aliphatic carbocycles. The van der Waals surface area contributed by atoms with Crippen LogP contribution in [0.15, 0.2) is 18.2 Å². The number of thiol groups is 1. The Balaban J connectivity index is 2.82. The normalized spacial score (nSPS) is 11.6. The average molecular weight is 254 g/mol. The van der Waals surface area contributed by atoms with Gasteiger partial charge in [0, 0.05) is 0 Å². The van der Waals surface area contributed by atoms with Crippen molar-refractivity contribution in [3.63, 3.8) is 0 Å². The number of hydrogen-bond donors (Lipinski definition) is 1. The van der Waals surface area contributed by atoms with Gasteiger partial charge in [-0.15, -0.1) is 0 Å². The van der Waals surface area contributed by atoms with Crippen molar-refractivity contribution in [3.05, 3.63) is 29.6 Å². The second-order valence-corrected chi connectivity index (χ2v) is 3.51. The molecule has 0 radical (unpaired) electrons. The molecule has 0 aliphatic heterocycles. The van der Waals surface area contributed by atoms with Gasteiger partial charge in [-0.05, 0) is 30.4 Å². The van der Waals surface area contributed by atoms with E-state index in [9.17, 15) is 17.6 Å². The van der Waals surface area contributed by atoms with Crippen LogP contribution in [0.4, 0.5) is 17.6 Å². The van der Waals surface area contributed by atoms with Gasteiger partial charge in [0.2, 0.25) is 0 Å². The lowest BCUT2D eigenvalue weighted by atomic mass is 10.2. The van der Waals surface area contributed by atoms with Gasteiger partial charge in [-0.2, -0.15) is 25.8 Å². The topological polar surface area (TPSA) is 9.23 Å². The Labute approximate surface area is 95.8 Å². The molecule has 0 fully saturated rings. The van der Waals surface area contributed by atoms with Crippen LogP contribution in [0.2, 0.25) is 0 Å². The summed E-state index contributed by atoms with van der Waals surface area (Å²) in [5.74, 6) is -0.711. The standard InChI is InChI=1S/C10H10F4OS/c11-9-3-2-7(15-4-1-5-16)6-8(9)10(12,13)14/h2-3,6,16H,1,4-5H2. The van der Waals surface area contributed by atoms with Crippen molar-refractivity contribution in [3.8, 4) is 5.75 Å². The molecule has 0 unspecified atom stereocenters. The lowest BCUT2D eigenvalue weighted by Gasteiger charge is -2.10. The molecule has 1 aromatic carbocycles. The van der Waals surface area contributed by atoms with Crippen LogP contribution in [0, 0.1) is 5.82 Å². The highest BCUT2D eigenvalue weighted by Crippen LogP contribution is 2.33. The third-order valence-corrected chi connectivity index (χ3v) is 2.13. The summed E-state index contributed by atoms with van der Waals surface area (Å²) < 4.78 is 54.8. The predicted octanol–water partition coefficient (Wildman–Crippen LogP) is 3.54. The second kappa shape index (κ2) is 5.43. The summed E-state index contributed by atoms with van der Waals surface area (Å²) in [7, 11) is 0. The van der Waals surface area contributed by atoms with E-state index in [0.717, 1.165) is 6.07 Å². The highest BCUT2D eigenvalue weighted by Gasteiger charge is 2.34. The molecular formula is C10H10F4OS. The number of benzene rings is 1. The Morgan fingerprint density at radius 2 is 1.94 bits per heavy atom. The van der Waals surface area contributed by atoms with E-state index in [1.165, 1.54) is 6.07 Å². The minimum absolute atomic E-state index is 0.00973. The monoisotopic (exact) mass is 254 g/mol. The van der Waals surface area contributed by atoms with Gasteiger partial charge in [-0.25, -0.2) is 4.39 Å². The van der Waals surface area contributed by atoms with Gasteiger partial charge in [-0.3, -0.25) is 0 Å². The van der Waals surface area contributed by atoms with Crippen LogP contribution in [-0.4, -0.2) is 12.4 Å². The Kier molecular flexibility index (Phi) is 4.46. The molecule has 0 atom stereocenters. The Bertz CT molecular complexity index is 351. The van der Waals surface area contributed by atoms with Crippen molar-refractivity contribution in [2.75, 3.05) is 12.4 Å². The largest absolute Gasteiger partial charge is 0.494 e. The fourth-order valence-electron chi connectivity index (χ4n) is 1.07. The van der Waals surface area contributed by atoms with Gasteiger partial charge in [0.25, 0.3) is 0 Å². The third kappa shape index (κ3) is 3.59. The summed E-state index contributed by atoms with van der Waals surface area (Å²) in [5, 5.41) is 0. The molecule has 0 heterocycles. The predicted molar refractivity (Wildman–Crippen MR) is 55.4 cm³/mol. The van der Waals surface area contributed by atoms with Crippen molar-refractivity contribution in [1.29, 1.82) is 0 Å². The zero-order valence-corrected chi connectivity index (χ0v) is 9.12. The van der Waals surface area contributed by atoms with Crippen molar-refractivity contribution < 1.29 is 22.3 Å². The molecule has 0 saturated heterocycles. The number of ether oxygens (including phenoxy) is 1. The number of rotatable bonds is 4. The van der Waals surface area contributed by atoms with E-state index in [0.29, 0.717) is 18.2 Å². The van der Waals surface area contributed by atoms with Crippen molar-refractivity contribution in [2.45, 2.75) is 12.6 Å². The SMILES string of the molecule is Fc1ccc(OCCCS)cc1C(F)(F)F. The van der Waals surface area contributed by atoms with Crippen LogP contribution < -0.4 is 4.74 Å². The summed E-state index contributed by atoms with van der Waals surface area (Å²) in [6.07, 6.45) is -4.09. The molecule has 0 amide bonds. The maximum Gasteiger partial charge on any atom is 0.419 e. The number of alkyl halides is 3. The Morgan fingerprint density at radius 1 is 1.25 bits per heavy atom. The van der Waals surface area contributed by atoms with Gasteiger partial charge < -0.3 is 4.74 Å². The average Bonchev–Trinajstić information content (AvgIpc) is 2.19. The van der Waals surface area contributed by atoms with E-state index in [1.54, 1.807) is 0 Å². The molecule has 6 heteroatoms. The van der Waals surface area contributed by atoms with E-state index < -0.39 is 17.6 Å². The van der Waals surface area contributed by atoms with Crippen LogP contribution >= 0.6 is 12.6 Å². The Hall–Kier alpha value is -0.910. The minimum Gasteiger partial charge on any atom is -0.494 e. The molecule has 16 heavy (non-hydrogen) atoms. The van der Waals surface area contributed by atoms with E-state index in [4.69, 9.17) is 4.74 Å². The quantitative estimate of drug-likeness (QED) is 0.491. The van der Waals surface area contributed by atoms with Gasteiger partial charge in [-0.1, -0.05) is 0 Å². The molecule has 0 aromatic heterocycles. The first-order chi connectivity index (χ1) is 7.45. The van der Waals surface area contributed by atoms with Crippen molar-refractivity contribution >= 4 is 12.6 Å². The third-order valence-electron chi connectivity index (χ3n) is 1.81. The van der Waals surface area contributed by atoms with E-state index in [2.05, 4.69) is 12.6 Å². The van der Waals surface area contributed by atoms with E-state index in [1.807, 2.05) is 0 Å². The lowest BCUT2D eigenvalue weighted by Crippen LogP contribution is -2.09. The van der Waals surface area contributed by atoms with Gasteiger partial charge >= 0.3 is 6.18 Å². The summed E-state index contributed by atoms with van der Waals surface area (Å²) >= 11 is 3.93. The smallest absolute Gasteiger partial charge is 0.419 e. The molecule has 0 aliphatic rings. The zero-order chi connectivity index (χ0) is 12.2. The van der Waals surface area contributed by atoms with Gasteiger partial charge in [0.15, 0.2) is 0 Å². The summed E-state index contributed by atoms with van der Waals surface area (Å²) in [6, 6.07) is 2.58. The first-order valence-electron chi connectivity index (χ1n) is 4.55. The van der Waals surface area contributed by atoms with Crippen LogP contribution in [0.5, 0.6) is 5.75 Å². The molecule has 1 rings (SSSR count). The maximum absolute atomic E-state index is 12.9. The summed E-state index contributed by atoms with van der Waals surface area (Å²) in [4.78, 5) is 0. The van der Waals surface area contributed by atoms with Crippen LogP contribution in [0.1, 0.15) is 12.0 Å². The molecule has 0 saturated carbocycles. The van der Waals surface area contributed by atoms with Crippen LogP contribution in [-0.2, 0) is 6.18 Å². The minimum atomic E-state index is -4.70. The summed E-state index contributed by atoms with van der Waals surface area (Å²) in [5.41, 5.74) is -1.31. The van der Waals surface area contributed by atoms with Gasteiger partial charge in [0.1, 0.15) is 11.6 Å². The Morgan fingerprint density at radius 3 is 2.50 bits per heavy atom. The molecule has 0 N–H and O–H groups in total. The van der Waals surface area contributed by atoms with Crippen molar-refractivity contribution in [1.82, 2.24) is 0 Å². The lowest BCUT2D eigenvalue weighted by molar-refractivity contribution is -0.140. The van der Waals surface area contributed by atoms with Crippen molar-refractivity contribution in [2.24, 2.45) is 0 Å². The molecule has 1 aromatic rings. The fraction of sp³-hybridized carbons (Fsp3) is 0.400. The highest BCUT2D eigenvalue weighted by molar-refractivity contribution is 7.80. The highest BCUT2D eigenvalue weighted by atomic mass is 32.1. The molecule has 0 bridgehead atoms. The zero-order valence-electron chi connectivity index (χ0n) is 8.22. The van der Waals surface area contributed by atoms with Crippen LogP contribution in [0.25, 0.3) is 0 Å². The fourth-order valence-corrected chi connectivity index (χ4v) is 1.20. The van der Waals surface area contributed by atoms with E-state index in [-0.39, 0.29) is 12.4 Å². The molecular weight excluding hydrogens is 244 g/mol. The first-order valence-corrected chi connectivity index (χ1v) is 5.19. The first kappa shape index (κ1) is 13.2. The van der Waals surface area contributed by atoms with E-state index >= 15 is 0 Å². The molecule has 0 spiro atoms. The second-order valence-electron chi connectivity index (χ2n) is 3.07. The number of halogens is 4. The summed E-state index contributed by atoms with van der Waals surface area (Å²) in [6.45, 7) is 0.256. The van der Waals surface area contributed by atoms with Crippen LogP contribution in [0.3, 0.4) is 0 Å².